The van der Waals surface area contributed by atoms with Gasteiger partial charge in [0.05, 0.1) is 17.7 Å². The highest BCUT2D eigenvalue weighted by molar-refractivity contribution is 7.13. The third-order valence-electron chi connectivity index (χ3n) is 3.20. The van der Waals surface area contributed by atoms with Gasteiger partial charge in [-0.25, -0.2) is 4.98 Å². The summed E-state index contributed by atoms with van der Waals surface area (Å²) in [6.45, 7) is 3.74. The standard InChI is InChI=1S/C16H20N2O2S/c1-3-7-13-11-21-15(17-13)18-14(19)10-16(2,20)12-8-5-4-6-9-12/h4-6,8-9,11,20H,3,7,10H2,1-2H3,(H,17,18,19). The molecule has 0 aliphatic rings. The van der Waals surface area contributed by atoms with Gasteiger partial charge < -0.3 is 10.4 Å². The third-order valence-corrected chi connectivity index (χ3v) is 4.01. The predicted molar refractivity (Wildman–Crippen MR) is 85.4 cm³/mol. The zero-order chi connectivity index (χ0) is 15.3. The molecule has 1 atom stereocenters. The molecule has 1 aromatic carbocycles. The van der Waals surface area contributed by atoms with E-state index in [9.17, 15) is 9.90 Å². The molecule has 1 amide bonds. The van der Waals surface area contributed by atoms with Gasteiger partial charge in [-0.3, -0.25) is 4.79 Å². The van der Waals surface area contributed by atoms with Crippen LogP contribution >= 0.6 is 11.3 Å². The number of nitrogens with one attached hydrogen (secondary N) is 1. The largest absolute Gasteiger partial charge is 0.385 e. The minimum atomic E-state index is -1.19. The molecule has 0 aliphatic heterocycles. The minimum Gasteiger partial charge on any atom is -0.385 e. The van der Waals surface area contributed by atoms with Crippen LogP contribution in [0.2, 0.25) is 0 Å². The lowest BCUT2D eigenvalue weighted by Gasteiger charge is -2.22. The van der Waals surface area contributed by atoms with E-state index in [0.717, 1.165) is 24.1 Å². The normalized spacial score (nSPS) is 13.7. The summed E-state index contributed by atoms with van der Waals surface area (Å²) in [5.74, 6) is -0.235. The quantitative estimate of drug-likeness (QED) is 0.860. The van der Waals surface area contributed by atoms with E-state index in [2.05, 4.69) is 17.2 Å². The highest BCUT2D eigenvalue weighted by Crippen LogP contribution is 2.25. The van der Waals surface area contributed by atoms with Crippen LogP contribution in [0.3, 0.4) is 0 Å². The van der Waals surface area contributed by atoms with E-state index < -0.39 is 5.60 Å². The fourth-order valence-corrected chi connectivity index (χ4v) is 2.87. The Hall–Kier alpha value is -1.72. The van der Waals surface area contributed by atoms with Gasteiger partial charge in [0.2, 0.25) is 5.91 Å². The molecule has 2 N–H and O–H groups in total. The molecule has 0 saturated carbocycles. The molecule has 0 saturated heterocycles. The molecule has 1 aromatic heterocycles. The monoisotopic (exact) mass is 304 g/mol. The van der Waals surface area contributed by atoms with Crippen molar-refractivity contribution in [1.29, 1.82) is 0 Å². The molecule has 0 radical (unpaired) electrons. The van der Waals surface area contributed by atoms with Gasteiger partial charge >= 0.3 is 0 Å². The molecule has 4 nitrogen and oxygen atoms in total. The van der Waals surface area contributed by atoms with Crippen molar-refractivity contribution in [3.8, 4) is 0 Å². The number of rotatable bonds is 6. The van der Waals surface area contributed by atoms with Crippen LogP contribution in [-0.2, 0) is 16.8 Å². The highest BCUT2D eigenvalue weighted by atomic mass is 32.1. The van der Waals surface area contributed by atoms with Crippen LogP contribution < -0.4 is 5.32 Å². The Morgan fingerprint density at radius 2 is 2.10 bits per heavy atom. The fourth-order valence-electron chi connectivity index (χ4n) is 2.11. The second-order valence-electron chi connectivity index (χ2n) is 5.26. The molecule has 0 aliphatic carbocycles. The van der Waals surface area contributed by atoms with Crippen molar-refractivity contribution in [3.63, 3.8) is 0 Å². The lowest BCUT2D eigenvalue weighted by atomic mass is 9.92. The summed E-state index contributed by atoms with van der Waals surface area (Å²) in [5.41, 5.74) is 0.535. The van der Waals surface area contributed by atoms with Gasteiger partial charge in [-0.05, 0) is 18.9 Å². The molecular formula is C16H20N2O2S. The van der Waals surface area contributed by atoms with Crippen LogP contribution in [0.25, 0.3) is 0 Å². The van der Waals surface area contributed by atoms with Crippen LogP contribution in [0.1, 0.15) is 37.9 Å². The van der Waals surface area contributed by atoms with E-state index in [4.69, 9.17) is 0 Å². The summed E-state index contributed by atoms with van der Waals surface area (Å²) in [7, 11) is 0. The van der Waals surface area contributed by atoms with Gasteiger partial charge in [-0.15, -0.1) is 11.3 Å². The average Bonchev–Trinajstić information content (AvgIpc) is 2.87. The fraction of sp³-hybridized carbons (Fsp3) is 0.375. The van der Waals surface area contributed by atoms with Crippen LogP contribution in [0.5, 0.6) is 0 Å². The van der Waals surface area contributed by atoms with E-state index in [1.807, 2.05) is 35.7 Å². The van der Waals surface area contributed by atoms with Crippen LogP contribution in [0, 0.1) is 0 Å². The summed E-state index contributed by atoms with van der Waals surface area (Å²) < 4.78 is 0. The van der Waals surface area contributed by atoms with Crippen molar-refractivity contribution in [3.05, 3.63) is 47.0 Å². The van der Waals surface area contributed by atoms with Crippen molar-refractivity contribution in [1.82, 2.24) is 4.98 Å². The molecule has 2 rings (SSSR count). The number of hydrogen-bond donors (Lipinski definition) is 2. The lowest BCUT2D eigenvalue weighted by molar-refractivity contribution is -0.120. The molecule has 0 spiro atoms. The number of aryl methyl sites for hydroxylation is 1. The Morgan fingerprint density at radius 1 is 1.38 bits per heavy atom. The number of carbonyl (C=O) groups is 1. The van der Waals surface area contributed by atoms with Crippen molar-refractivity contribution < 1.29 is 9.90 Å². The van der Waals surface area contributed by atoms with Crippen molar-refractivity contribution in [2.24, 2.45) is 0 Å². The summed E-state index contributed by atoms with van der Waals surface area (Å²) in [4.78, 5) is 16.4. The summed E-state index contributed by atoms with van der Waals surface area (Å²) in [6.07, 6.45) is 1.94. The molecular weight excluding hydrogens is 284 g/mol. The van der Waals surface area contributed by atoms with Gasteiger partial charge in [0.1, 0.15) is 0 Å². The molecule has 112 valence electrons. The first-order valence-electron chi connectivity index (χ1n) is 7.03. The minimum absolute atomic E-state index is 0.000293. The summed E-state index contributed by atoms with van der Waals surface area (Å²) in [6, 6.07) is 9.20. The number of benzene rings is 1. The molecule has 5 heteroatoms. The van der Waals surface area contributed by atoms with Gasteiger partial charge in [0.15, 0.2) is 5.13 Å². The molecule has 1 heterocycles. The Kier molecular flexibility index (Phi) is 5.09. The Balaban J connectivity index is 1.97. The van der Waals surface area contributed by atoms with Gasteiger partial charge in [-0.2, -0.15) is 0 Å². The van der Waals surface area contributed by atoms with E-state index in [1.54, 1.807) is 6.92 Å². The number of thiazole rings is 1. The number of anilines is 1. The molecule has 21 heavy (non-hydrogen) atoms. The smallest absolute Gasteiger partial charge is 0.229 e. The number of aliphatic hydroxyl groups is 1. The highest BCUT2D eigenvalue weighted by Gasteiger charge is 2.26. The van der Waals surface area contributed by atoms with Crippen LogP contribution in [0.15, 0.2) is 35.7 Å². The maximum absolute atomic E-state index is 12.1. The first-order chi connectivity index (χ1) is 10.0. The first-order valence-corrected chi connectivity index (χ1v) is 7.91. The van der Waals surface area contributed by atoms with Gasteiger partial charge in [0, 0.05) is 5.38 Å². The third kappa shape index (κ3) is 4.37. The van der Waals surface area contributed by atoms with E-state index >= 15 is 0 Å². The Morgan fingerprint density at radius 3 is 2.76 bits per heavy atom. The second kappa shape index (κ2) is 6.83. The lowest BCUT2D eigenvalue weighted by Crippen LogP contribution is -2.28. The molecule has 2 aromatic rings. The number of carbonyl (C=O) groups excluding carboxylic acids is 1. The zero-order valence-electron chi connectivity index (χ0n) is 12.3. The number of hydrogen-bond acceptors (Lipinski definition) is 4. The van der Waals surface area contributed by atoms with Crippen molar-refractivity contribution in [2.75, 3.05) is 5.32 Å². The van der Waals surface area contributed by atoms with E-state index in [0.29, 0.717) is 5.13 Å². The SMILES string of the molecule is CCCc1csc(NC(=O)CC(C)(O)c2ccccc2)n1. The predicted octanol–water partition coefficient (Wildman–Crippen LogP) is 3.33. The second-order valence-corrected chi connectivity index (χ2v) is 6.12. The Labute approximate surface area is 128 Å². The maximum Gasteiger partial charge on any atom is 0.229 e. The zero-order valence-corrected chi connectivity index (χ0v) is 13.1. The van der Waals surface area contributed by atoms with Gasteiger partial charge in [0.25, 0.3) is 0 Å². The summed E-state index contributed by atoms with van der Waals surface area (Å²) >= 11 is 1.41. The topological polar surface area (TPSA) is 62.2 Å². The molecule has 0 bridgehead atoms. The van der Waals surface area contributed by atoms with E-state index in [1.165, 1.54) is 11.3 Å². The number of amides is 1. The maximum atomic E-state index is 12.1. The Bertz CT molecular complexity index is 593. The molecule has 1 unspecified atom stereocenters. The first kappa shape index (κ1) is 15.7. The van der Waals surface area contributed by atoms with Crippen molar-refractivity contribution >= 4 is 22.4 Å². The van der Waals surface area contributed by atoms with Crippen LogP contribution in [0.4, 0.5) is 5.13 Å². The summed E-state index contributed by atoms with van der Waals surface area (Å²) in [5, 5.41) is 15.7. The van der Waals surface area contributed by atoms with Crippen LogP contribution in [-0.4, -0.2) is 16.0 Å². The van der Waals surface area contributed by atoms with Gasteiger partial charge in [-0.1, -0.05) is 43.7 Å². The number of nitrogens with zero attached hydrogens (tertiary/aromatic N) is 1. The van der Waals surface area contributed by atoms with Crippen molar-refractivity contribution in [2.45, 2.75) is 38.7 Å². The van der Waals surface area contributed by atoms with E-state index in [-0.39, 0.29) is 12.3 Å². The average molecular weight is 304 g/mol. The molecule has 0 fully saturated rings. The number of aromatic nitrogens is 1.